The van der Waals surface area contributed by atoms with Crippen LogP contribution in [-0.4, -0.2) is 26.4 Å². The highest BCUT2D eigenvalue weighted by Gasteiger charge is 2.18. The number of rotatable bonds is 4. The summed E-state index contributed by atoms with van der Waals surface area (Å²) in [7, 11) is -3.96. The third-order valence-electron chi connectivity index (χ3n) is 2.27. The third-order valence-corrected chi connectivity index (χ3v) is 3.60. The first kappa shape index (κ1) is 14.5. The van der Waals surface area contributed by atoms with Crippen LogP contribution in [0, 0.1) is 0 Å². The minimum Gasteiger partial charge on any atom is -0.422 e. The Balaban J connectivity index is 2.88. The molecule has 1 rings (SSSR count). The van der Waals surface area contributed by atoms with E-state index in [1.807, 2.05) is 13.8 Å². The van der Waals surface area contributed by atoms with Gasteiger partial charge in [-0.25, -0.2) is 17.9 Å². The van der Waals surface area contributed by atoms with Gasteiger partial charge in [0, 0.05) is 0 Å². The molecule has 0 aromatic heterocycles. The van der Waals surface area contributed by atoms with Crippen molar-refractivity contribution in [2.24, 2.45) is 0 Å². The average Bonchev–Trinajstić information content (AvgIpc) is 2.28. The van der Waals surface area contributed by atoms with Gasteiger partial charge in [-0.05, 0) is 23.6 Å². The molecule has 0 aliphatic heterocycles. The molecule has 6 nitrogen and oxygen atoms in total. The average molecular weight is 273 g/mol. The van der Waals surface area contributed by atoms with Crippen molar-refractivity contribution in [1.82, 2.24) is 4.72 Å². The van der Waals surface area contributed by atoms with Crippen LogP contribution in [0.15, 0.2) is 29.2 Å². The van der Waals surface area contributed by atoms with E-state index >= 15 is 0 Å². The molecule has 0 saturated heterocycles. The maximum Gasteiger partial charge on any atom is 0.423 e. The lowest BCUT2D eigenvalue weighted by Crippen LogP contribution is -2.31. The summed E-state index contributed by atoms with van der Waals surface area (Å²) in [6.45, 7) is 3.09. The van der Waals surface area contributed by atoms with Gasteiger partial charge in [0.25, 0.3) is 10.0 Å². The van der Waals surface area contributed by atoms with Gasteiger partial charge in [0.1, 0.15) is 0 Å². The molecule has 0 fully saturated rings. The van der Waals surface area contributed by atoms with E-state index in [0.717, 1.165) is 5.56 Å². The summed E-state index contributed by atoms with van der Waals surface area (Å²) >= 11 is 0. The van der Waals surface area contributed by atoms with Crippen LogP contribution in [0.2, 0.25) is 0 Å². The summed E-state index contributed by atoms with van der Waals surface area (Å²) in [6, 6.07) is 6.17. The van der Waals surface area contributed by atoms with Crippen LogP contribution < -0.4 is 4.72 Å². The highest BCUT2D eigenvalue weighted by Crippen LogP contribution is 2.17. The third kappa shape index (κ3) is 3.71. The molecule has 0 unspecified atom stereocenters. The zero-order valence-electron chi connectivity index (χ0n) is 10.1. The summed E-state index contributed by atoms with van der Waals surface area (Å²) < 4.78 is 29.2. The molecule has 100 valence electrons. The number of ether oxygens (including phenoxy) is 1. The Hall–Kier alpha value is -1.60. The maximum atomic E-state index is 11.7. The Bertz CT molecular complexity index is 507. The van der Waals surface area contributed by atoms with Crippen LogP contribution in [0.5, 0.6) is 0 Å². The van der Waals surface area contributed by atoms with Gasteiger partial charge in [-0.3, -0.25) is 0 Å². The molecule has 18 heavy (non-hydrogen) atoms. The number of aliphatic hydroxyl groups excluding tert-OH is 1. The van der Waals surface area contributed by atoms with E-state index in [9.17, 15) is 13.2 Å². The molecule has 7 heteroatoms. The van der Waals surface area contributed by atoms with E-state index in [1.54, 1.807) is 16.9 Å². The number of carbonyl (C=O) groups excluding carboxylic acids is 1. The van der Waals surface area contributed by atoms with Crippen molar-refractivity contribution < 1.29 is 23.1 Å². The normalized spacial score (nSPS) is 11.3. The predicted molar refractivity (Wildman–Crippen MR) is 64.4 cm³/mol. The molecule has 1 aromatic rings. The molecule has 1 amide bonds. The minimum atomic E-state index is -3.96. The van der Waals surface area contributed by atoms with E-state index in [1.165, 1.54) is 12.1 Å². The molecular formula is C11H15NO5S. The molecule has 2 N–H and O–H groups in total. The van der Waals surface area contributed by atoms with Crippen molar-refractivity contribution >= 4 is 16.1 Å². The lowest BCUT2D eigenvalue weighted by atomic mass is 10.0. The molecule has 0 saturated carbocycles. The van der Waals surface area contributed by atoms with Crippen molar-refractivity contribution in [2.75, 3.05) is 6.79 Å². The van der Waals surface area contributed by atoms with Gasteiger partial charge >= 0.3 is 6.09 Å². The van der Waals surface area contributed by atoms with E-state index in [2.05, 4.69) is 4.74 Å². The molecule has 0 aliphatic carbocycles. The first-order valence-corrected chi connectivity index (χ1v) is 6.75. The van der Waals surface area contributed by atoms with Crippen LogP contribution >= 0.6 is 0 Å². The number of hydrogen-bond donors (Lipinski definition) is 2. The van der Waals surface area contributed by atoms with Gasteiger partial charge in [0.05, 0.1) is 4.90 Å². The summed E-state index contributed by atoms with van der Waals surface area (Å²) in [5, 5.41) is 8.32. The fourth-order valence-corrected chi connectivity index (χ4v) is 2.18. The number of benzene rings is 1. The van der Waals surface area contributed by atoms with Crippen LogP contribution in [0.25, 0.3) is 0 Å². The summed E-state index contributed by atoms with van der Waals surface area (Å²) in [5.41, 5.74) is 0.992. The Morgan fingerprint density at radius 1 is 1.33 bits per heavy atom. The zero-order chi connectivity index (χ0) is 13.8. The lowest BCUT2D eigenvalue weighted by Gasteiger charge is -2.08. The summed E-state index contributed by atoms with van der Waals surface area (Å²) in [5.74, 6) is 0.286. The first-order chi connectivity index (χ1) is 8.36. The van der Waals surface area contributed by atoms with Crippen molar-refractivity contribution in [3.8, 4) is 0 Å². The molecule has 1 aromatic carbocycles. The van der Waals surface area contributed by atoms with E-state index in [4.69, 9.17) is 5.11 Å². The van der Waals surface area contributed by atoms with Crippen molar-refractivity contribution in [3.05, 3.63) is 29.8 Å². The molecule has 0 spiro atoms. The van der Waals surface area contributed by atoms with Gasteiger partial charge < -0.3 is 9.84 Å². The van der Waals surface area contributed by atoms with Crippen LogP contribution in [-0.2, 0) is 14.8 Å². The number of nitrogens with one attached hydrogen (secondary N) is 1. The van der Waals surface area contributed by atoms with Crippen molar-refractivity contribution in [1.29, 1.82) is 0 Å². The van der Waals surface area contributed by atoms with Crippen LogP contribution in [0.4, 0.5) is 4.79 Å². The maximum absolute atomic E-state index is 11.7. The number of hydrogen-bond acceptors (Lipinski definition) is 5. The van der Waals surface area contributed by atoms with Crippen LogP contribution in [0.1, 0.15) is 25.3 Å². The monoisotopic (exact) mass is 273 g/mol. The molecule has 0 aliphatic rings. The molecule has 0 radical (unpaired) electrons. The molecule has 0 bridgehead atoms. The van der Waals surface area contributed by atoms with Crippen molar-refractivity contribution in [2.45, 2.75) is 24.7 Å². The zero-order valence-corrected chi connectivity index (χ0v) is 10.9. The first-order valence-electron chi connectivity index (χ1n) is 5.27. The second-order valence-electron chi connectivity index (χ2n) is 3.89. The molecule has 0 heterocycles. The summed E-state index contributed by atoms with van der Waals surface area (Å²) in [4.78, 5) is 10.9. The SMILES string of the molecule is CC(C)c1ccc(S(=O)(=O)NC(=O)OCO)cc1. The largest absolute Gasteiger partial charge is 0.423 e. The topological polar surface area (TPSA) is 92.7 Å². The quantitative estimate of drug-likeness (QED) is 0.803. The second kappa shape index (κ2) is 5.83. The van der Waals surface area contributed by atoms with Crippen LogP contribution in [0.3, 0.4) is 0 Å². The standard InChI is InChI=1S/C11H15NO5S/c1-8(2)9-3-5-10(6-4-9)18(15,16)12-11(14)17-7-13/h3-6,8,13H,7H2,1-2H3,(H,12,14). The van der Waals surface area contributed by atoms with Crippen molar-refractivity contribution in [3.63, 3.8) is 0 Å². The number of sulfonamides is 1. The number of amides is 1. The second-order valence-corrected chi connectivity index (χ2v) is 5.57. The number of aliphatic hydroxyl groups is 1. The van der Waals surface area contributed by atoms with E-state index < -0.39 is 22.9 Å². The highest BCUT2D eigenvalue weighted by atomic mass is 32.2. The summed E-state index contributed by atoms with van der Waals surface area (Å²) in [6.07, 6.45) is -1.22. The smallest absolute Gasteiger partial charge is 0.422 e. The predicted octanol–water partition coefficient (Wildman–Crippen LogP) is 1.17. The Kier molecular flexibility index (Phi) is 4.69. The number of carbonyl (C=O) groups is 1. The molecular weight excluding hydrogens is 258 g/mol. The molecule has 0 atom stereocenters. The highest BCUT2D eigenvalue weighted by molar-refractivity contribution is 7.90. The fraction of sp³-hybridized carbons (Fsp3) is 0.364. The van der Waals surface area contributed by atoms with Gasteiger partial charge in [-0.15, -0.1) is 0 Å². The Morgan fingerprint density at radius 3 is 2.33 bits per heavy atom. The fourth-order valence-electron chi connectivity index (χ4n) is 1.29. The van der Waals surface area contributed by atoms with E-state index in [-0.39, 0.29) is 10.8 Å². The van der Waals surface area contributed by atoms with Gasteiger partial charge in [0.2, 0.25) is 0 Å². The minimum absolute atomic E-state index is 0.0400. The van der Waals surface area contributed by atoms with Gasteiger partial charge in [0.15, 0.2) is 6.79 Å². The lowest BCUT2D eigenvalue weighted by molar-refractivity contribution is 0.0477. The van der Waals surface area contributed by atoms with E-state index in [0.29, 0.717) is 0 Å². The van der Waals surface area contributed by atoms with Gasteiger partial charge in [-0.2, -0.15) is 0 Å². The van der Waals surface area contributed by atoms with Gasteiger partial charge in [-0.1, -0.05) is 26.0 Å². The Labute approximate surface area is 106 Å². The Morgan fingerprint density at radius 2 is 1.89 bits per heavy atom.